The number of fused-ring (bicyclic) bond motifs is 1. The first-order valence-corrected chi connectivity index (χ1v) is 10.0. The van der Waals surface area contributed by atoms with Crippen LogP contribution >= 0.6 is 0 Å². The van der Waals surface area contributed by atoms with E-state index in [1.807, 2.05) is 19.1 Å². The number of rotatable bonds is 7. The fourth-order valence-corrected chi connectivity index (χ4v) is 3.28. The molecule has 2 aromatic heterocycles. The largest absolute Gasteiger partial charge is 0.485 e. The summed E-state index contributed by atoms with van der Waals surface area (Å²) in [5, 5.41) is 15.9. The summed E-state index contributed by atoms with van der Waals surface area (Å²) in [6.45, 7) is 3.68. The van der Waals surface area contributed by atoms with Crippen LogP contribution in [0.4, 0.5) is 5.69 Å². The Bertz CT molecular complexity index is 1400. The smallest absolute Gasteiger partial charge is 0.362 e. The Morgan fingerprint density at radius 2 is 1.94 bits per heavy atom. The van der Waals surface area contributed by atoms with Crippen molar-refractivity contribution in [2.24, 2.45) is 0 Å². The van der Waals surface area contributed by atoms with Crippen molar-refractivity contribution < 1.29 is 23.6 Å². The molecule has 0 spiro atoms. The van der Waals surface area contributed by atoms with E-state index in [0.717, 1.165) is 5.56 Å². The zero-order valence-electron chi connectivity index (χ0n) is 17.8. The molecule has 0 N–H and O–H groups in total. The van der Waals surface area contributed by atoms with Gasteiger partial charge < -0.3 is 13.9 Å². The molecule has 33 heavy (non-hydrogen) atoms. The van der Waals surface area contributed by atoms with Gasteiger partial charge in [0.2, 0.25) is 5.69 Å². The molecule has 168 valence electrons. The summed E-state index contributed by atoms with van der Waals surface area (Å²) in [6, 6.07) is 12.5. The number of nitro groups is 1. The third-order valence-corrected chi connectivity index (χ3v) is 4.84. The number of carbonyl (C=O) groups is 1. The normalized spacial score (nSPS) is 10.8. The molecule has 2 aromatic carbocycles. The van der Waals surface area contributed by atoms with Crippen molar-refractivity contribution in [2.75, 3.05) is 6.61 Å². The number of benzene rings is 2. The summed E-state index contributed by atoms with van der Waals surface area (Å²) in [7, 11) is 0. The molecule has 10 heteroatoms. The van der Waals surface area contributed by atoms with Crippen LogP contribution in [0, 0.1) is 17.0 Å². The van der Waals surface area contributed by atoms with Crippen molar-refractivity contribution in [3.8, 4) is 11.4 Å². The van der Waals surface area contributed by atoms with Gasteiger partial charge in [-0.25, -0.2) is 14.3 Å². The number of non-ortho nitro benzene ring substituents is 1. The Morgan fingerprint density at radius 1 is 1.18 bits per heavy atom. The Labute approximate surface area is 187 Å². The molecule has 0 unspecified atom stereocenters. The topological polar surface area (TPSA) is 127 Å². The third kappa shape index (κ3) is 4.59. The number of carbonyl (C=O) groups excluding carboxylic acids is 1. The average Bonchev–Trinajstić information content (AvgIpc) is 3.21. The molecule has 0 aliphatic carbocycles. The van der Waals surface area contributed by atoms with Gasteiger partial charge in [0.25, 0.3) is 5.69 Å². The van der Waals surface area contributed by atoms with E-state index >= 15 is 0 Å². The molecule has 10 nitrogen and oxygen atoms in total. The number of ether oxygens (including phenoxy) is 2. The minimum atomic E-state index is -0.679. The second-order valence-electron chi connectivity index (χ2n) is 7.16. The highest BCUT2D eigenvalue weighted by molar-refractivity contribution is 5.90. The molecule has 0 saturated carbocycles. The maximum Gasteiger partial charge on any atom is 0.362 e. The predicted molar refractivity (Wildman–Crippen MR) is 118 cm³/mol. The van der Waals surface area contributed by atoms with Crippen LogP contribution in [0.15, 0.2) is 63.9 Å². The number of hydrogen-bond donors (Lipinski definition) is 0. The van der Waals surface area contributed by atoms with E-state index < -0.39 is 16.5 Å². The second-order valence-corrected chi connectivity index (χ2v) is 7.16. The molecule has 4 aromatic rings. The number of aromatic nitrogens is 2. The molecule has 2 heterocycles. The number of esters is 1. The summed E-state index contributed by atoms with van der Waals surface area (Å²) >= 11 is 0. The van der Waals surface area contributed by atoms with E-state index in [1.54, 1.807) is 13.0 Å². The third-order valence-electron chi connectivity index (χ3n) is 4.84. The first-order valence-electron chi connectivity index (χ1n) is 10.0. The van der Waals surface area contributed by atoms with Crippen LogP contribution in [0.25, 0.3) is 16.7 Å². The lowest BCUT2D eigenvalue weighted by atomic mass is 10.1. The summed E-state index contributed by atoms with van der Waals surface area (Å²) in [6.07, 6.45) is 1.48. The first kappa shape index (κ1) is 21.8. The molecule has 0 atom stereocenters. The van der Waals surface area contributed by atoms with Gasteiger partial charge in [-0.15, -0.1) is 0 Å². The highest BCUT2D eigenvalue weighted by Gasteiger charge is 2.21. The zero-order valence-corrected chi connectivity index (χ0v) is 17.8. The Balaban J connectivity index is 1.68. The van der Waals surface area contributed by atoms with Crippen LogP contribution < -0.4 is 10.4 Å². The fourth-order valence-electron chi connectivity index (χ4n) is 3.28. The van der Waals surface area contributed by atoms with Crippen LogP contribution in [0.2, 0.25) is 0 Å². The second kappa shape index (κ2) is 8.95. The lowest BCUT2D eigenvalue weighted by molar-refractivity contribution is -0.384. The lowest BCUT2D eigenvalue weighted by Crippen LogP contribution is -2.09. The van der Waals surface area contributed by atoms with Crippen molar-refractivity contribution >= 4 is 22.6 Å². The van der Waals surface area contributed by atoms with Crippen molar-refractivity contribution in [1.29, 1.82) is 0 Å². The quantitative estimate of drug-likeness (QED) is 0.180. The Kier molecular flexibility index (Phi) is 5.90. The van der Waals surface area contributed by atoms with Gasteiger partial charge in [0.05, 0.1) is 23.4 Å². The van der Waals surface area contributed by atoms with Gasteiger partial charge in [-0.3, -0.25) is 10.1 Å². The lowest BCUT2D eigenvalue weighted by Gasteiger charge is -2.08. The predicted octanol–water partition coefficient (Wildman–Crippen LogP) is 3.95. The summed E-state index contributed by atoms with van der Waals surface area (Å²) in [5.74, 6) is -0.540. The summed E-state index contributed by atoms with van der Waals surface area (Å²) < 4.78 is 17.6. The molecule has 0 radical (unpaired) electrons. The van der Waals surface area contributed by atoms with E-state index in [9.17, 15) is 19.7 Å². The van der Waals surface area contributed by atoms with Gasteiger partial charge in [-0.05, 0) is 37.6 Å². The van der Waals surface area contributed by atoms with Crippen LogP contribution in [0.1, 0.15) is 28.5 Å². The van der Waals surface area contributed by atoms with Crippen LogP contribution in [0.3, 0.4) is 0 Å². The van der Waals surface area contributed by atoms with E-state index in [4.69, 9.17) is 13.9 Å². The van der Waals surface area contributed by atoms with Gasteiger partial charge in [-0.2, -0.15) is 5.10 Å². The van der Waals surface area contributed by atoms with Crippen LogP contribution in [-0.2, 0) is 11.3 Å². The maximum atomic E-state index is 12.4. The van der Waals surface area contributed by atoms with E-state index in [2.05, 4.69) is 5.10 Å². The molecule has 0 aliphatic rings. The number of nitro benzene ring substituents is 1. The molecular weight excluding hydrogens is 430 g/mol. The van der Waals surface area contributed by atoms with Crippen molar-refractivity contribution in [1.82, 2.24) is 9.78 Å². The van der Waals surface area contributed by atoms with E-state index in [-0.39, 0.29) is 30.3 Å². The molecule has 4 rings (SSSR count). The zero-order chi connectivity index (χ0) is 23.5. The van der Waals surface area contributed by atoms with Crippen LogP contribution in [0.5, 0.6) is 5.75 Å². The summed E-state index contributed by atoms with van der Waals surface area (Å²) in [4.78, 5) is 34.8. The Morgan fingerprint density at radius 3 is 2.64 bits per heavy atom. The minimum Gasteiger partial charge on any atom is -0.485 e. The average molecular weight is 449 g/mol. The first-order chi connectivity index (χ1) is 15.9. The highest BCUT2D eigenvalue weighted by Crippen LogP contribution is 2.25. The molecule has 0 bridgehead atoms. The van der Waals surface area contributed by atoms with Gasteiger partial charge in [0.1, 0.15) is 12.2 Å². The monoisotopic (exact) mass is 449 g/mol. The maximum absolute atomic E-state index is 12.4. The molecule has 0 saturated heterocycles. The molecule has 0 amide bonds. The highest BCUT2D eigenvalue weighted by atomic mass is 16.6. The van der Waals surface area contributed by atoms with Crippen LogP contribution in [-0.4, -0.2) is 27.3 Å². The van der Waals surface area contributed by atoms with Gasteiger partial charge in [0.15, 0.2) is 5.75 Å². The van der Waals surface area contributed by atoms with Gasteiger partial charge >= 0.3 is 11.6 Å². The van der Waals surface area contributed by atoms with Crippen molar-refractivity contribution in [3.63, 3.8) is 0 Å². The fraction of sp³-hybridized carbons (Fsp3) is 0.174. The van der Waals surface area contributed by atoms with E-state index in [0.29, 0.717) is 22.2 Å². The minimum absolute atomic E-state index is 0.0243. The standard InChI is InChI=1S/C23H19N3O7/c1-3-31-23(28)22-20(12-25(24-22)16-5-7-17(8-6-16)26(29)30)32-13-15-11-21(27)33-19-10-14(2)4-9-18(15)19/h4-12H,3,13H2,1-2H3. The van der Waals surface area contributed by atoms with Gasteiger partial charge in [-0.1, -0.05) is 12.1 Å². The van der Waals surface area contributed by atoms with Gasteiger partial charge in [0, 0.05) is 29.1 Å². The SMILES string of the molecule is CCOC(=O)c1nn(-c2ccc([N+](=O)[O-])cc2)cc1OCc1cc(=O)oc2cc(C)ccc12. The van der Waals surface area contributed by atoms with Crippen molar-refractivity contribution in [3.05, 3.63) is 92.1 Å². The number of nitrogens with zero attached hydrogens (tertiary/aromatic N) is 3. The Hall–Kier alpha value is -4.47. The van der Waals surface area contributed by atoms with Crippen molar-refractivity contribution in [2.45, 2.75) is 20.5 Å². The molecule has 0 fully saturated rings. The summed E-state index contributed by atoms with van der Waals surface area (Å²) in [5.41, 5.74) is 1.81. The number of aryl methyl sites for hydroxylation is 1. The number of hydrogen-bond acceptors (Lipinski definition) is 8. The molecule has 0 aliphatic heterocycles. The van der Waals surface area contributed by atoms with E-state index in [1.165, 1.54) is 41.2 Å². The molecular formula is C23H19N3O7.